The number of methoxy groups -OCH3 is 1. The molecule has 1 unspecified atom stereocenters. The summed E-state index contributed by atoms with van der Waals surface area (Å²) in [5.74, 6) is 0.672. The number of rotatable bonds is 9. The van der Waals surface area contributed by atoms with Crippen molar-refractivity contribution in [1.29, 1.82) is 0 Å². The molecule has 148 valence electrons. The minimum atomic E-state index is -3.51. The Labute approximate surface area is 159 Å². The average Bonchev–Trinajstić information content (AvgIpc) is 3.14. The minimum absolute atomic E-state index is 0.0887. The Morgan fingerprint density at radius 2 is 2.07 bits per heavy atom. The van der Waals surface area contributed by atoms with Gasteiger partial charge in [0.2, 0.25) is 15.9 Å². The van der Waals surface area contributed by atoms with E-state index in [0.29, 0.717) is 29.2 Å². The highest BCUT2D eigenvalue weighted by atomic mass is 32.2. The molecule has 27 heavy (non-hydrogen) atoms. The van der Waals surface area contributed by atoms with E-state index in [1.54, 1.807) is 24.4 Å². The lowest BCUT2D eigenvalue weighted by Gasteiger charge is -2.20. The minimum Gasteiger partial charge on any atom is -0.496 e. The molecule has 0 radical (unpaired) electrons. The third-order valence-corrected chi connectivity index (χ3v) is 5.30. The summed E-state index contributed by atoms with van der Waals surface area (Å²) in [6.45, 7) is 5.38. The van der Waals surface area contributed by atoms with Gasteiger partial charge in [-0.15, -0.1) is 0 Å². The summed E-state index contributed by atoms with van der Waals surface area (Å²) < 4.78 is 36.9. The predicted octanol–water partition coefficient (Wildman–Crippen LogP) is 2.64. The lowest BCUT2D eigenvalue weighted by molar-refractivity contribution is -0.118. The van der Waals surface area contributed by atoms with Crippen molar-refractivity contribution in [3.8, 4) is 17.1 Å². The van der Waals surface area contributed by atoms with Gasteiger partial charge in [0.15, 0.2) is 12.2 Å². The first-order valence-corrected chi connectivity index (χ1v) is 10.3. The molecule has 0 bridgehead atoms. The normalized spacial score (nSPS) is 12.8. The van der Waals surface area contributed by atoms with Crippen molar-refractivity contribution in [1.82, 2.24) is 9.71 Å². The number of nitrogens with zero attached hydrogens (tertiary/aromatic N) is 1. The lowest BCUT2D eigenvalue weighted by atomic mass is 10.0. The molecule has 2 rings (SSSR count). The number of sulfonamides is 1. The summed E-state index contributed by atoms with van der Waals surface area (Å²) in [6.07, 6.45) is 3.27. The molecule has 0 spiro atoms. The maximum atomic E-state index is 12.6. The molecule has 0 aliphatic carbocycles. The van der Waals surface area contributed by atoms with Gasteiger partial charge < -0.3 is 14.5 Å². The van der Waals surface area contributed by atoms with E-state index in [2.05, 4.69) is 15.0 Å². The van der Waals surface area contributed by atoms with E-state index >= 15 is 0 Å². The van der Waals surface area contributed by atoms with E-state index in [-0.39, 0.29) is 11.7 Å². The molecule has 0 saturated carbocycles. The number of hydrogen-bond acceptors (Lipinski definition) is 6. The number of amides is 1. The van der Waals surface area contributed by atoms with E-state index in [0.717, 1.165) is 0 Å². The second-order valence-electron chi connectivity index (χ2n) is 6.47. The first kappa shape index (κ1) is 20.9. The number of anilines is 1. The quantitative estimate of drug-likeness (QED) is 0.675. The molecular formula is C18H25N3O5S. The molecule has 2 N–H and O–H groups in total. The molecular weight excluding hydrogens is 370 g/mol. The fourth-order valence-corrected chi connectivity index (χ4v) is 3.33. The predicted molar refractivity (Wildman–Crippen MR) is 103 cm³/mol. The van der Waals surface area contributed by atoms with Crippen LogP contribution in [0.1, 0.15) is 27.2 Å². The van der Waals surface area contributed by atoms with Gasteiger partial charge in [-0.05, 0) is 31.4 Å². The Bertz CT molecular complexity index is 863. The Kier molecular flexibility index (Phi) is 6.98. The van der Waals surface area contributed by atoms with Gasteiger partial charge >= 0.3 is 0 Å². The van der Waals surface area contributed by atoms with Gasteiger partial charge in [-0.2, -0.15) is 0 Å². The zero-order valence-corrected chi connectivity index (χ0v) is 16.7. The maximum Gasteiger partial charge on any atom is 0.242 e. The summed E-state index contributed by atoms with van der Waals surface area (Å²) in [4.78, 5) is 16.5. The number of aromatic nitrogens is 1. The van der Waals surface area contributed by atoms with Crippen molar-refractivity contribution in [2.45, 2.75) is 33.2 Å². The van der Waals surface area contributed by atoms with Crippen molar-refractivity contribution in [2.24, 2.45) is 5.92 Å². The number of hydrogen-bond donors (Lipinski definition) is 2. The van der Waals surface area contributed by atoms with Crippen molar-refractivity contribution in [2.75, 3.05) is 18.2 Å². The molecule has 9 heteroatoms. The van der Waals surface area contributed by atoms with Crippen LogP contribution in [0.5, 0.6) is 5.75 Å². The largest absolute Gasteiger partial charge is 0.496 e. The zero-order valence-electron chi connectivity index (χ0n) is 15.9. The van der Waals surface area contributed by atoms with Crippen LogP contribution in [0.15, 0.2) is 35.2 Å². The number of carbonyl (C=O) groups excluding carboxylic acids is 1. The van der Waals surface area contributed by atoms with Crippen LogP contribution in [0.4, 0.5) is 5.69 Å². The second kappa shape index (κ2) is 9.01. The van der Waals surface area contributed by atoms with Gasteiger partial charge in [0.05, 0.1) is 24.6 Å². The molecule has 2 aromatic rings. The van der Waals surface area contributed by atoms with Gasteiger partial charge in [0, 0.05) is 11.8 Å². The van der Waals surface area contributed by atoms with Crippen LogP contribution in [0.2, 0.25) is 0 Å². The Morgan fingerprint density at radius 1 is 1.33 bits per heavy atom. The Balaban J connectivity index is 2.21. The van der Waals surface area contributed by atoms with E-state index in [1.165, 1.54) is 20.4 Å². The molecule has 0 fully saturated rings. The number of oxazole rings is 1. The fraction of sp³-hybridized carbons (Fsp3) is 0.444. The van der Waals surface area contributed by atoms with Crippen molar-refractivity contribution >= 4 is 21.6 Å². The summed E-state index contributed by atoms with van der Waals surface area (Å²) in [7, 11) is -1.99. The monoisotopic (exact) mass is 395 g/mol. The van der Waals surface area contributed by atoms with Crippen LogP contribution >= 0.6 is 0 Å². The second-order valence-corrected chi connectivity index (χ2v) is 8.52. The first-order chi connectivity index (χ1) is 12.8. The SMILES string of the molecule is CCS(=O)(=O)NC(CC(C)C)C(=O)Nc1ccc(-c2cnco2)c(OC)c1. The summed E-state index contributed by atoms with van der Waals surface area (Å²) in [6, 6.07) is 4.23. The summed E-state index contributed by atoms with van der Waals surface area (Å²) >= 11 is 0. The molecule has 1 atom stereocenters. The standard InChI is InChI=1S/C18H25N3O5S/c1-5-27(23,24)21-15(8-12(2)3)18(22)20-13-6-7-14(16(9-13)25-4)17-10-19-11-26-17/h6-7,9-12,15,21H,5,8H2,1-4H3,(H,20,22). The lowest BCUT2D eigenvalue weighted by Crippen LogP contribution is -2.45. The molecule has 1 aromatic carbocycles. The molecule has 8 nitrogen and oxygen atoms in total. The van der Waals surface area contributed by atoms with Gasteiger partial charge in [-0.3, -0.25) is 4.79 Å². The number of ether oxygens (including phenoxy) is 1. The average molecular weight is 395 g/mol. The molecule has 0 aliphatic heterocycles. The van der Waals surface area contributed by atoms with Gasteiger partial charge in [-0.25, -0.2) is 18.1 Å². The zero-order chi connectivity index (χ0) is 20.0. The highest BCUT2D eigenvalue weighted by Crippen LogP contribution is 2.32. The highest BCUT2D eigenvalue weighted by Gasteiger charge is 2.25. The van der Waals surface area contributed by atoms with Crippen LogP contribution in [0.25, 0.3) is 11.3 Å². The number of benzene rings is 1. The third kappa shape index (κ3) is 5.80. The highest BCUT2D eigenvalue weighted by molar-refractivity contribution is 7.89. The topological polar surface area (TPSA) is 111 Å². The van der Waals surface area contributed by atoms with Crippen molar-refractivity contribution in [3.05, 3.63) is 30.8 Å². The van der Waals surface area contributed by atoms with Crippen molar-refractivity contribution in [3.63, 3.8) is 0 Å². The van der Waals surface area contributed by atoms with Gasteiger partial charge in [0.1, 0.15) is 11.8 Å². The summed E-state index contributed by atoms with van der Waals surface area (Å²) in [5, 5.41) is 2.75. The molecule has 1 amide bonds. The number of carbonyl (C=O) groups is 1. The van der Waals surface area contributed by atoms with E-state index in [9.17, 15) is 13.2 Å². The van der Waals surface area contributed by atoms with Crippen LogP contribution in [-0.4, -0.2) is 38.2 Å². The molecule has 1 aromatic heterocycles. The first-order valence-electron chi connectivity index (χ1n) is 8.63. The van der Waals surface area contributed by atoms with E-state index < -0.39 is 22.0 Å². The Morgan fingerprint density at radius 3 is 2.63 bits per heavy atom. The third-order valence-electron chi connectivity index (χ3n) is 3.89. The van der Waals surface area contributed by atoms with Crippen LogP contribution in [0, 0.1) is 5.92 Å². The van der Waals surface area contributed by atoms with Gasteiger partial charge in [-0.1, -0.05) is 13.8 Å². The van der Waals surface area contributed by atoms with E-state index in [1.807, 2.05) is 13.8 Å². The van der Waals surface area contributed by atoms with Gasteiger partial charge in [0.25, 0.3) is 0 Å². The number of nitrogens with one attached hydrogen (secondary N) is 2. The molecule has 1 heterocycles. The molecule has 0 saturated heterocycles. The van der Waals surface area contributed by atoms with Crippen LogP contribution in [0.3, 0.4) is 0 Å². The summed E-state index contributed by atoms with van der Waals surface area (Å²) in [5.41, 5.74) is 1.18. The van der Waals surface area contributed by atoms with Crippen LogP contribution < -0.4 is 14.8 Å². The Hall–Kier alpha value is -2.39. The van der Waals surface area contributed by atoms with E-state index in [4.69, 9.17) is 9.15 Å². The van der Waals surface area contributed by atoms with Crippen LogP contribution in [-0.2, 0) is 14.8 Å². The molecule has 0 aliphatic rings. The fourth-order valence-electron chi connectivity index (χ4n) is 2.53. The van der Waals surface area contributed by atoms with Crippen molar-refractivity contribution < 1.29 is 22.4 Å². The maximum absolute atomic E-state index is 12.6. The smallest absolute Gasteiger partial charge is 0.242 e.